The summed E-state index contributed by atoms with van der Waals surface area (Å²) in [4.78, 5) is 19.6. The Morgan fingerprint density at radius 1 is 0.833 bits per heavy atom. The van der Waals surface area contributed by atoms with Crippen LogP contribution in [0, 0.1) is 0 Å². The first-order valence-corrected chi connectivity index (χ1v) is 9.71. The normalized spacial score (nSPS) is 10.9. The van der Waals surface area contributed by atoms with Crippen molar-refractivity contribution >= 4 is 33.2 Å². The van der Waals surface area contributed by atoms with E-state index >= 15 is 0 Å². The first kappa shape index (κ1) is 17.9. The summed E-state index contributed by atoms with van der Waals surface area (Å²) in [6, 6.07) is 27.4. The summed E-state index contributed by atoms with van der Waals surface area (Å²) in [5, 5.41) is 5.84. The van der Waals surface area contributed by atoms with E-state index in [1.54, 1.807) is 6.20 Å². The second-order valence-electron chi connectivity index (χ2n) is 7.01. The van der Waals surface area contributed by atoms with Gasteiger partial charge in [0.05, 0.1) is 5.69 Å². The van der Waals surface area contributed by atoms with Crippen LogP contribution in [0.3, 0.4) is 0 Å². The molecular formula is C25H19N3O2. The summed E-state index contributed by atoms with van der Waals surface area (Å²) in [5.41, 5.74) is 3.35. The van der Waals surface area contributed by atoms with E-state index in [9.17, 15) is 4.79 Å². The van der Waals surface area contributed by atoms with Crippen molar-refractivity contribution < 1.29 is 4.74 Å². The number of pyridine rings is 2. The van der Waals surface area contributed by atoms with Gasteiger partial charge >= 0.3 is 0 Å². The smallest absolute Gasteiger partial charge is 0.257 e. The highest BCUT2D eigenvalue weighted by atomic mass is 16.5. The number of nitrogens with zero attached hydrogens (tertiary/aromatic N) is 1. The van der Waals surface area contributed by atoms with Crippen LogP contribution in [0.5, 0.6) is 5.75 Å². The van der Waals surface area contributed by atoms with Crippen LogP contribution in [0.1, 0.15) is 5.56 Å². The lowest BCUT2D eigenvalue weighted by Gasteiger charge is -2.12. The third-order valence-electron chi connectivity index (χ3n) is 5.01. The fourth-order valence-electron chi connectivity index (χ4n) is 3.54. The van der Waals surface area contributed by atoms with Crippen molar-refractivity contribution in [1.82, 2.24) is 9.97 Å². The van der Waals surface area contributed by atoms with Gasteiger partial charge < -0.3 is 15.0 Å². The zero-order valence-corrected chi connectivity index (χ0v) is 16.1. The number of aromatic amines is 1. The van der Waals surface area contributed by atoms with Crippen molar-refractivity contribution in [2.24, 2.45) is 0 Å². The Morgan fingerprint density at radius 2 is 1.57 bits per heavy atom. The largest absolute Gasteiger partial charge is 0.489 e. The quantitative estimate of drug-likeness (QED) is 0.393. The van der Waals surface area contributed by atoms with Gasteiger partial charge in [0.2, 0.25) is 0 Å². The molecule has 0 saturated carbocycles. The molecule has 146 valence electrons. The van der Waals surface area contributed by atoms with Gasteiger partial charge in [-0.15, -0.1) is 0 Å². The highest BCUT2D eigenvalue weighted by molar-refractivity contribution is 6.10. The van der Waals surface area contributed by atoms with Crippen LogP contribution in [-0.2, 0) is 6.61 Å². The monoisotopic (exact) mass is 393 g/mol. The van der Waals surface area contributed by atoms with Gasteiger partial charge in [0.15, 0.2) is 0 Å². The van der Waals surface area contributed by atoms with Crippen molar-refractivity contribution in [3.8, 4) is 5.75 Å². The first-order valence-electron chi connectivity index (χ1n) is 9.71. The van der Waals surface area contributed by atoms with Crippen molar-refractivity contribution in [3.05, 3.63) is 107 Å². The molecule has 2 aromatic heterocycles. The van der Waals surface area contributed by atoms with Gasteiger partial charge in [-0.25, -0.2) is 4.98 Å². The Labute approximate surface area is 173 Å². The van der Waals surface area contributed by atoms with E-state index in [1.807, 2.05) is 84.9 Å². The third-order valence-corrected chi connectivity index (χ3v) is 5.01. The minimum Gasteiger partial charge on any atom is -0.489 e. The number of fused-ring (bicyclic) bond motifs is 3. The summed E-state index contributed by atoms with van der Waals surface area (Å²) in [5.74, 6) is 0.804. The number of rotatable bonds is 5. The van der Waals surface area contributed by atoms with E-state index in [0.29, 0.717) is 17.6 Å². The molecule has 0 atom stereocenters. The lowest BCUT2D eigenvalue weighted by atomic mass is 10.1. The summed E-state index contributed by atoms with van der Waals surface area (Å²) >= 11 is 0. The van der Waals surface area contributed by atoms with E-state index in [0.717, 1.165) is 33.5 Å². The molecule has 2 heterocycles. The first-order chi connectivity index (χ1) is 14.8. The van der Waals surface area contributed by atoms with Crippen LogP contribution >= 0.6 is 0 Å². The number of anilines is 2. The van der Waals surface area contributed by atoms with Crippen LogP contribution < -0.4 is 15.6 Å². The van der Waals surface area contributed by atoms with Crippen LogP contribution in [0.15, 0.2) is 95.9 Å². The molecule has 0 aliphatic rings. The van der Waals surface area contributed by atoms with E-state index in [4.69, 9.17) is 4.74 Å². The molecule has 0 fully saturated rings. The van der Waals surface area contributed by atoms with Gasteiger partial charge in [-0.05, 0) is 42.0 Å². The van der Waals surface area contributed by atoms with E-state index in [-0.39, 0.29) is 5.56 Å². The molecule has 3 aromatic carbocycles. The molecule has 0 amide bonds. The number of nitrogens with one attached hydrogen (secondary N) is 2. The minimum absolute atomic E-state index is 0.136. The van der Waals surface area contributed by atoms with Gasteiger partial charge in [-0.1, -0.05) is 48.5 Å². The topological polar surface area (TPSA) is 67.0 Å². The maximum Gasteiger partial charge on any atom is 0.257 e. The fraction of sp³-hybridized carbons (Fsp3) is 0.0400. The molecule has 0 aliphatic heterocycles. The van der Waals surface area contributed by atoms with Crippen molar-refractivity contribution in [1.29, 1.82) is 0 Å². The molecule has 0 aliphatic carbocycles. The van der Waals surface area contributed by atoms with E-state index in [2.05, 4.69) is 15.3 Å². The predicted molar refractivity (Wildman–Crippen MR) is 120 cm³/mol. The Morgan fingerprint density at radius 3 is 2.37 bits per heavy atom. The summed E-state index contributed by atoms with van der Waals surface area (Å²) in [6.45, 7) is 0.530. The lowest BCUT2D eigenvalue weighted by molar-refractivity contribution is 0.306. The SMILES string of the molecule is O=c1[nH]c2nccc(Nc3ccc(OCc4ccccc4)cc3)c2c2ccccc12. The number of aromatic nitrogens is 2. The molecule has 5 nitrogen and oxygen atoms in total. The maximum atomic E-state index is 12.3. The standard InChI is InChI=1S/C25H19N3O2/c29-25-21-9-5-4-8-20(21)23-22(14-15-26-24(23)28-25)27-18-10-12-19(13-11-18)30-16-17-6-2-1-3-7-17/h1-15H,16H2,(H2,26,27,28,29). The molecule has 30 heavy (non-hydrogen) atoms. The van der Waals surface area contributed by atoms with Crippen molar-refractivity contribution in [2.45, 2.75) is 6.61 Å². The molecule has 0 radical (unpaired) electrons. The van der Waals surface area contributed by atoms with Crippen LogP contribution in [-0.4, -0.2) is 9.97 Å². The second-order valence-corrected chi connectivity index (χ2v) is 7.01. The molecule has 0 saturated heterocycles. The highest BCUT2D eigenvalue weighted by Gasteiger charge is 2.10. The number of ether oxygens (including phenoxy) is 1. The molecule has 0 spiro atoms. The average molecular weight is 393 g/mol. The zero-order chi connectivity index (χ0) is 20.3. The van der Waals surface area contributed by atoms with Crippen molar-refractivity contribution in [2.75, 3.05) is 5.32 Å². The molecule has 0 bridgehead atoms. The lowest BCUT2D eigenvalue weighted by Crippen LogP contribution is -2.08. The summed E-state index contributed by atoms with van der Waals surface area (Å²) < 4.78 is 5.86. The number of hydrogen-bond acceptors (Lipinski definition) is 4. The second kappa shape index (κ2) is 7.72. The molecule has 5 heteroatoms. The Kier molecular flexibility index (Phi) is 4.62. The predicted octanol–water partition coefficient (Wildman–Crippen LogP) is 5.40. The third kappa shape index (κ3) is 3.49. The van der Waals surface area contributed by atoms with Gasteiger partial charge in [0, 0.05) is 28.0 Å². The average Bonchev–Trinajstić information content (AvgIpc) is 2.79. The molecule has 5 aromatic rings. The number of benzene rings is 3. The van der Waals surface area contributed by atoms with E-state index in [1.165, 1.54) is 0 Å². The summed E-state index contributed by atoms with van der Waals surface area (Å²) in [7, 11) is 0. The Bertz CT molecular complexity index is 1380. The number of H-pyrrole nitrogens is 1. The molecule has 5 rings (SSSR count). The molecule has 0 unspecified atom stereocenters. The number of hydrogen-bond donors (Lipinski definition) is 2. The van der Waals surface area contributed by atoms with Crippen molar-refractivity contribution in [3.63, 3.8) is 0 Å². The highest BCUT2D eigenvalue weighted by Crippen LogP contribution is 2.30. The molecule has 2 N–H and O–H groups in total. The summed E-state index contributed by atoms with van der Waals surface area (Å²) in [6.07, 6.45) is 1.69. The van der Waals surface area contributed by atoms with Crippen LogP contribution in [0.25, 0.3) is 21.8 Å². The Hall–Kier alpha value is -4.12. The zero-order valence-electron chi connectivity index (χ0n) is 16.1. The van der Waals surface area contributed by atoms with Gasteiger partial charge in [0.25, 0.3) is 5.56 Å². The minimum atomic E-state index is -0.136. The fourth-order valence-corrected chi connectivity index (χ4v) is 3.54. The van der Waals surface area contributed by atoms with Gasteiger partial charge in [0.1, 0.15) is 18.0 Å². The molecular weight excluding hydrogens is 374 g/mol. The maximum absolute atomic E-state index is 12.3. The van der Waals surface area contributed by atoms with Crippen LogP contribution in [0.4, 0.5) is 11.4 Å². The van der Waals surface area contributed by atoms with Gasteiger partial charge in [-0.2, -0.15) is 0 Å². The van der Waals surface area contributed by atoms with E-state index < -0.39 is 0 Å². The Balaban J connectivity index is 1.43. The van der Waals surface area contributed by atoms with Gasteiger partial charge in [-0.3, -0.25) is 4.79 Å². The van der Waals surface area contributed by atoms with Crippen LogP contribution in [0.2, 0.25) is 0 Å².